The summed E-state index contributed by atoms with van der Waals surface area (Å²) in [6.07, 6.45) is -11.0. The average Bonchev–Trinajstić information content (AvgIpc) is 1.75. The number of rotatable bonds is 27. The first-order chi connectivity index (χ1) is 41.4. The number of hydrogen-bond donors (Lipinski definition) is 3. The minimum absolute atomic E-state index is 0.000903. The third-order valence-electron chi connectivity index (χ3n) is 12.7. The summed E-state index contributed by atoms with van der Waals surface area (Å²) >= 11 is 0. The Morgan fingerprint density at radius 2 is 1.45 bits per heavy atom. The third-order valence-corrected chi connectivity index (χ3v) is 12.7. The van der Waals surface area contributed by atoms with Gasteiger partial charge in [-0.1, -0.05) is 55.1 Å². The molecule has 0 saturated carbocycles. The van der Waals surface area contributed by atoms with E-state index in [9.17, 15) is 48.3 Å². The lowest BCUT2D eigenvalue weighted by molar-refractivity contribution is -0.282. The average molecular weight is 1220 g/mol. The number of methoxy groups -OCH3 is 2. The lowest BCUT2D eigenvalue weighted by Crippen LogP contribution is -2.64. The second-order valence-corrected chi connectivity index (χ2v) is 20.6. The predicted octanol–water partition coefficient (Wildman–Crippen LogP) is 4.08. The monoisotopic (exact) mass is 1220 g/mol. The van der Waals surface area contributed by atoms with Crippen molar-refractivity contribution in [1.82, 2.24) is 15.7 Å². The van der Waals surface area contributed by atoms with Crippen LogP contribution in [0, 0.1) is 0 Å². The van der Waals surface area contributed by atoms with Gasteiger partial charge in [0.25, 0.3) is 11.8 Å². The molecule has 6 rings (SSSR count). The summed E-state index contributed by atoms with van der Waals surface area (Å²) in [6.45, 7) is 15.3. The van der Waals surface area contributed by atoms with E-state index < -0.39 is 109 Å². The summed E-state index contributed by atoms with van der Waals surface area (Å²) in [7, 11) is 2.37. The molecule has 2 fully saturated rings. The fourth-order valence-corrected chi connectivity index (χ4v) is 9.17. The van der Waals surface area contributed by atoms with Crippen molar-refractivity contribution in [3.8, 4) is 17.2 Å². The quantitative estimate of drug-likeness (QED) is 0.0318. The molecule has 3 aliphatic rings. The van der Waals surface area contributed by atoms with Crippen molar-refractivity contribution in [2.24, 2.45) is 0 Å². The van der Waals surface area contributed by atoms with Crippen molar-refractivity contribution in [3.05, 3.63) is 107 Å². The summed E-state index contributed by atoms with van der Waals surface area (Å²) in [5.74, 6) is -5.91. The number of esters is 5. The molecule has 28 nitrogen and oxygen atoms in total. The Kier molecular flexibility index (Phi) is 24.4. The van der Waals surface area contributed by atoms with Gasteiger partial charge in [0.15, 0.2) is 36.0 Å². The van der Waals surface area contributed by atoms with Crippen LogP contribution < -0.4 is 29.9 Å². The van der Waals surface area contributed by atoms with Crippen molar-refractivity contribution in [2.45, 2.75) is 116 Å². The number of aliphatic hydroxyl groups excluding tert-OH is 1. The second-order valence-electron chi connectivity index (χ2n) is 20.6. The first kappa shape index (κ1) is 67.3. The highest BCUT2D eigenvalue weighted by atomic mass is 16.7. The normalized spacial score (nSPS) is 19.6. The Balaban J connectivity index is 1.26. The molecular weight excluding hydrogens is 1150 g/mol. The van der Waals surface area contributed by atoms with Crippen LogP contribution in [0.5, 0.6) is 17.2 Å². The predicted molar refractivity (Wildman–Crippen MR) is 300 cm³/mol. The molecule has 0 aromatic heterocycles. The highest BCUT2D eigenvalue weighted by Crippen LogP contribution is 2.42. The molecule has 3 aromatic carbocycles. The van der Waals surface area contributed by atoms with Crippen molar-refractivity contribution >= 4 is 59.5 Å². The van der Waals surface area contributed by atoms with Crippen LogP contribution in [0.1, 0.15) is 85.4 Å². The maximum atomic E-state index is 14.6. The van der Waals surface area contributed by atoms with E-state index >= 15 is 0 Å². The number of carbonyl (C=O) groups excluding carboxylic acids is 9. The minimum atomic E-state index is -1.89. The van der Waals surface area contributed by atoms with E-state index in [1.807, 2.05) is 0 Å². The van der Waals surface area contributed by atoms with E-state index in [4.69, 9.17) is 66.4 Å². The number of benzene rings is 3. The zero-order valence-electron chi connectivity index (χ0n) is 49.4. The van der Waals surface area contributed by atoms with E-state index in [0.29, 0.717) is 16.7 Å². The first-order valence-electron chi connectivity index (χ1n) is 27.3. The van der Waals surface area contributed by atoms with Crippen molar-refractivity contribution in [1.29, 1.82) is 0 Å². The standard InChI is InChI=1S/C59H72N4O24/c1-11-18-78-47(67)27-37-13-12-14-38(25-37)31-79-46-29-42-40(28-45(46)74-9)53(69)62-30-33(2)24-43(62)54(70)63(42)58(73)80-32-39-15-16-44(41(26-39)52(68)60-17-19-76-20-21-77-22-23-81-61-57(72)87-59(6,7)8)85-56-51(84-36(5)66)49(83-35(4)65)48(82-34(3)64)50(86-56)55(71)75-10/h11-16,25-26,28-29,43,48-51,54,56,70H,1-2,17-24,27,30-32H2,3-10H3,(H,60,68)(H,61,72)/t43-,48-,49-,50-,51+,54?,56+/m0/s1. The summed E-state index contributed by atoms with van der Waals surface area (Å²) in [4.78, 5) is 125. The van der Waals surface area contributed by atoms with Gasteiger partial charge in [-0.05, 0) is 62.1 Å². The molecule has 2 saturated heterocycles. The number of hydroxylamine groups is 1. The molecule has 3 N–H and O–H groups in total. The Bertz CT molecular complexity index is 3020. The van der Waals surface area contributed by atoms with Crippen LogP contribution in [-0.2, 0) is 95.8 Å². The minimum Gasteiger partial charge on any atom is -0.493 e. The number of anilines is 1. The summed E-state index contributed by atoms with van der Waals surface area (Å²) in [5, 5.41) is 14.8. The van der Waals surface area contributed by atoms with E-state index in [0.717, 1.165) is 32.8 Å². The maximum Gasteiger partial charge on any atom is 0.431 e. The second kappa shape index (κ2) is 31.5. The SMILES string of the molecule is C=CCOC(=O)Cc1cccc(COc2cc3c(cc2OC)C(=O)N2CC(=C)C[C@H]2C(O)N3C(=O)OCc2ccc(O[C@@H]3O[C@H](C(=O)OC)[C@@H](OC(C)=O)[C@H](OC(C)=O)[C@H]3OC(C)=O)c(C(=O)NCCOCCOCCONC(=O)OC(C)(C)C)c2)c1. The number of amides is 4. The molecule has 4 amide bonds. The van der Waals surface area contributed by atoms with Crippen molar-refractivity contribution < 1.29 is 115 Å². The lowest BCUT2D eigenvalue weighted by Gasteiger charge is -2.43. The number of hydrogen-bond acceptors (Lipinski definition) is 24. The van der Waals surface area contributed by atoms with Crippen LogP contribution in [0.15, 0.2) is 79.4 Å². The molecule has 3 aromatic rings. The number of carbonyl (C=O) groups is 9. The maximum absolute atomic E-state index is 14.6. The topological polar surface area (TPSA) is 334 Å². The fourth-order valence-electron chi connectivity index (χ4n) is 9.17. The molecule has 472 valence electrons. The van der Waals surface area contributed by atoms with E-state index in [1.165, 1.54) is 48.4 Å². The zero-order chi connectivity index (χ0) is 63.5. The Morgan fingerprint density at radius 3 is 2.13 bits per heavy atom. The molecule has 0 bridgehead atoms. The smallest absolute Gasteiger partial charge is 0.431 e. The highest BCUT2D eigenvalue weighted by Gasteiger charge is 2.56. The largest absolute Gasteiger partial charge is 0.493 e. The molecule has 3 heterocycles. The molecule has 3 aliphatic heterocycles. The van der Waals surface area contributed by atoms with Gasteiger partial charge >= 0.3 is 42.0 Å². The number of ether oxygens (including phenoxy) is 13. The molecular formula is C59H72N4O24. The first-order valence-corrected chi connectivity index (χ1v) is 27.3. The van der Waals surface area contributed by atoms with Gasteiger partial charge in [-0.2, -0.15) is 5.48 Å². The molecule has 0 radical (unpaired) electrons. The zero-order valence-corrected chi connectivity index (χ0v) is 49.4. The van der Waals surface area contributed by atoms with Gasteiger partial charge in [0.05, 0.1) is 76.5 Å². The van der Waals surface area contributed by atoms with Gasteiger partial charge in [0.1, 0.15) is 31.2 Å². The van der Waals surface area contributed by atoms with Gasteiger partial charge < -0.3 is 76.9 Å². The van der Waals surface area contributed by atoms with Crippen LogP contribution in [0.2, 0.25) is 0 Å². The van der Waals surface area contributed by atoms with Crippen LogP contribution in [0.3, 0.4) is 0 Å². The number of nitrogens with one attached hydrogen (secondary N) is 2. The molecule has 0 spiro atoms. The Morgan fingerprint density at radius 1 is 0.782 bits per heavy atom. The lowest BCUT2D eigenvalue weighted by atomic mass is 9.97. The van der Waals surface area contributed by atoms with Crippen molar-refractivity contribution in [3.63, 3.8) is 0 Å². The molecule has 28 heteroatoms. The number of nitrogens with zero attached hydrogens (tertiary/aromatic N) is 2. The Labute approximate surface area is 501 Å². The van der Waals surface area contributed by atoms with Crippen LogP contribution in [0.25, 0.3) is 0 Å². The van der Waals surface area contributed by atoms with E-state index in [1.54, 1.807) is 45.0 Å². The molecule has 7 atom stereocenters. The fraction of sp³-hybridized carbons (Fsp3) is 0.475. The summed E-state index contributed by atoms with van der Waals surface area (Å²) in [6, 6.07) is 12.7. The van der Waals surface area contributed by atoms with Crippen LogP contribution in [0.4, 0.5) is 15.3 Å². The summed E-state index contributed by atoms with van der Waals surface area (Å²) < 4.78 is 72.6. The van der Waals surface area contributed by atoms with Crippen molar-refractivity contribution in [2.75, 3.05) is 71.9 Å². The van der Waals surface area contributed by atoms with Gasteiger partial charge in [0, 0.05) is 39.9 Å². The van der Waals surface area contributed by atoms with Gasteiger partial charge in [-0.25, -0.2) is 19.3 Å². The Hall–Kier alpha value is -8.83. The summed E-state index contributed by atoms with van der Waals surface area (Å²) in [5.41, 5.74) is 3.05. The van der Waals surface area contributed by atoms with Gasteiger partial charge in [-0.15, -0.1) is 0 Å². The van der Waals surface area contributed by atoms with E-state index in [-0.39, 0.29) is 112 Å². The van der Waals surface area contributed by atoms with Gasteiger partial charge in [0.2, 0.25) is 12.4 Å². The van der Waals surface area contributed by atoms with E-state index in [2.05, 4.69) is 24.0 Å². The van der Waals surface area contributed by atoms with Crippen LogP contribution in [-0.4, -0.2) is 179 Å². The number of aliphatic hydroxyl groups is 1. The molecule has 0 aliphatic carbocycles. The van der Waals surface area contributed by atoms with Gasteiger partial charge in [-0.3, -0.25) is 33.6 Å². The number of fused-ring (bicyclic) bond motifs is 2. The highest BCUT2D eigenvalue weighted by molar-refractivity contribution is 6.06. The van der Waals surface area contributed by atoms with Crippen LogP contribution >= 0.6 is 0 Å². The molecule has 1 unspecified atom stereocenters. The molecule has 87 heavy (non-hydrogen) atoms. The third kappa shape index (κ3) is 19.1.